The second kappa shape index (κ2) is 10.6. The zero-order valence-electron chi connectivity index (χ0n) is 17.7. The van der Waals surface area contributed by atoms with Crippen molar-refractivity contribution in [1.82, 2.24) is 25.3 Å². The molecule has 1 saturated heterocycles. The second-order valence-electron chi connectivity index (χ2n) is 7.49. The van der Waals surface area contributed by atoms with Gasteiger partial charge in [-0.05, 0) is 73.9 Å². The maximum absolute atomic E-state index is 13.1. The number of rotatable bonds is 6. The van der Waals surface area contributed by atoms with E-state index < -0.39 is 0 Å². The van der Waals surface area contributed by atoms with Gasteiger partial charge in [0, 0.05) is 37.6 Å². The molecular weight excluding hydrogens is 445 g/mol. The summed E-state index contributed by atoms with van der Waals surface area (Å²) in [6, 6.07) is 10.4. The lowest BCUT2D eigenvalue weighted by molar-refractivity contribution is 0.480. The molecule has 1 atom stereocenters. The predicted molar refractivity (Wildman–Crippen MR) is 128 cm³/mol. The summed E-state index contributed by atoms with van der Waals surface area (Å²) in [6.07, 6.45) is 6.91. The van der Waals surface area contributed by atoms with Crippen LogP contribution in [0.25, 0.3) is 0 Å². The van der Waals surface area contributed by atoms with Gasteiger partial charge in [-0.25, -0.2) is 19.3 Å². The smallest absolute Gasteiger partial charge is 0.232 e. The Bertz CT molecular complexity index is 1050. The van der Waals surface area contributed by atoms with E-state index in [1.165, 1.54) is 30.3 Å². The van der Waals surface area contributed by atoms with Crippen LogP contribution in [0.5, 0.6) is 0 Å². The fraction of sp³-hybridized carbons (Fsp3) is 0.318. The molecule has 0 aliphatic carbocycles. The fourth-order valence-electron chi connectivity index (χ4n) is 3.47. The molecule has 1 aliphatic rings. The number of anilines is 2. The zero-order chi connectivity index (χ0) is 22.3. The molecule has 0 unspecified atom stereocenters. The number of nitrogens with zero attached hydrogens (tertiary/aromatic N) is 5. The SMILES string of the molecule is C[C@@H]1CCCCN1c1cc(Sc2ncccn2)nc(NC(=S)NCc2ccc(F)cc2)n1. The molecule has 1 aliphatic heterocycles. The summed E-state index contributed by atoms with van der Waals surface area (Å²) in [5.41, 5.74) is 0.921. The molecule has 0 saturated carbocycles. The third kappa shape index (κ3) is 6.10. The van der Waals surface area contributed by atoms with Crippen LogP contribution < -0.4 is 15.5 Å². The highest BCUT2D eigenvalue weighted by Gasteiger charge is 2.21. The number of thiocarbonyl (C=S) groups is 1. The normalized spacial score (nSPS) is 15.9. The third-order valence-corrected chi connectivity index (χ3v) is 6.17. The third-order valence-electron chi connectivity index (χ3n) is 5.12. The molecule has 7 nitrogen and oxygen atoms in total. The van der Waals surface area contributed by atoms with Gasteiger partial charge in [0.2, 0.25) is 5.95 Å². The number of aromatic nitrogens is 4. The molecule has 0 radical (unpaired) electrons. The molecule has 10 heteroatoms. The van der Waals surface area contributed by atoms with Crippen LogP contribution in [-0.2, 0) is 6.54 Å². The summed E-state index contributed by atoms with van der Waals surface area (Å²) >= 11 is 6.82. The Balaban J connectivity index is 1.51. The summed E-state index contributed by atoms with van der Waals surface area (Å²) in [6.45, 7) is 3.64. The quantitative estimate of drug-likeness (QED) is 0.310. The first kappa shape index (κ1) is 22.3. The van der Waals surface area contributed by atoms with Crippen molar-refractivity contribution < 1.29 is 4.39 Å². The molecule has 1 aromatic carbocycles. The van der Waals surface area contributed by atoms with Crippen molar-refractivity contribution in [3.63, 3.8) is 0 Å². The molecule has 0 bridgehead atoms. The van der Waals surface area contributed by atoms with Crippen molar-refractivity contribution in [3.8, 4) is 0 Å². The van der Waals surface area contributed by atoms with Crippen molar-refractivity contribution in [3.05, 3.63) is 60.2 Å². The summed E-state index contributed by atoms with van der Waals surface area (Å²) in [7, 11) is 0. The van der Waals surface area contributed by atoms with Gasteiger partial charge >= 0.3 is 0 Å². The average molecular weight is 470 g/mol. The van der Waals surface area contributed by atoms with Gasteiger partial charge in [0.1, 0.15) is 16.7 Å². The predicted octanol–water partition coefficient (Wildman–Crippen LogP) is 4.42. The molecule has 0 spiro atoms. The van der Waals surface area contributed by atoms with E-state index >= 15 is 0 Å². The number of benzene rings is 1. The summed E-state index contributed by atoms with van der Waals surface area (Å²) < 4.78 is 13.1. The van der Waals surface area contributed by atoms with E-state index in [0.29, 0.717) is 28.8 Å². The van der Waals surface area contributed by atoms with Gasteiger partial charge in [-0.2, -0.15) is 4.98 Å². The number of piperidine rings is 1. The van der Waals surface area contributed by atoms with E-state index in [9.17, 15) is 4.39 Å². The lowest BCUT2D eigenvalue weighted by Gasteiger charge is -2.34. The molecule has 1 fully saturated rings. The van der Waals surface area contributed by atoms with Gasteiger partial charge in [-0.1, -0.05) is 12.1 Å². The Hall–Kier alpha value is -2.85. The van der Waals surface area contributed by atoms with E-state index in [1.807, 2.05) is 6.07 Å². The largest absolute Gasteiger partial charge is 0.358 e. The van der Waals surface area contributed by atoms with Gasteiger partial charge in [0.05, 0.1) is 0 Å². The molecule has 2 aromatic heterocycles. The van der Waals surface area contributed by atoms with Crippen molar-refractivity contribution in [2.75, 3.05) is 16.8 Å². The number of hydrogen-bond donors (Lipinski definition) is 2. The van der Waals surface area contributed by atoms with Crippen molar-refractivity contribution in [2.45, 2.75) is 49.0 Å². The minimum Gasteiger partial charge on any atom is -0.358 e. The molecule has 2 N–H and O–H groups in total. The van der Waals surface area contributed by atoms with Gasteiger partial charge in [0.25, 0.3) is 0 Å². The first-order valence-corrected chi connectivity index (χ1v) is 11.7. The number of halogens is 1. The highest BCUT2D eigenvalue weighted by atomic mass is 32.2. The van der Waals surface area contributed by atoms with E-state index in [2.05, 4.69) is 37.4 Å². The van der Waals surface area contributed by atoms with Crippen LogP contribution in [0.4, 0.5) is 16.2 Å². The highest BCUT2D eigenvalue weighted by molar-refractivity contribution is 7.99. The van der Waals surface area contributed by atoms with Crippen molar-refractivity contribution in [1.29, 1.82) is 0 Å². The summed E-state index contributed by atoms with van der Waals surface area (Å²) in [4.78, 5) is 20.2. The van der Waals surface area contributed by atoms with E-state index in [1.54, 1.807) is 30.6 Å². The Morgan fingerprint density at radius 2 is 1.97 bits per heavy atom. The fourth-order valence-corrected chi connectivity index (χ4v) is 4.34. The van der Waals surface area contributed by atoms with Gasteiger partial charge in [-0.15, -0.1) is 0 Å². The lowest BCUT2D eigenvalue weighted by atomic mass is 10.0. The molecule has 4 rings (SSSR count). The zero-order valence-corrected chi connectivity index (χ0v) is 19.3. The average Bonchev–Trinajstić information content (AvgIpc) is 2.79. The molecule has 3 heterocycles. The first-order chi connectivity index (χ1) is 15.6. The molecule has 32 heavy (non-hydrogen) atoms. The monoisotopic (exact) mass is 469 g/mol. The Labute approximate surface area is 196 Å². The van der Waals surface area contributed by atoms with E-state index in [-0.39, 0.29) is 5.82 Å². The maximum Gasteiger partial charge on any atom is 0.232 e. The Kier molecular flexibility index (Phi) is 7.43. The number of hydrogen-bond acceptors (Lipinski definition) is 7. The van der Waals surface area contributed by atoms with Crippen molar-refractivity contribution >= 4 is 40.9 Å². The topological polar surface area (TPSA) is 78.9 Å². The van der Waals surface area contributed by atoms with Crippen LogP contribution >= 0.6 is 24.0 Å². The minimum atomic E-state index is -0.265. The van der Waals surface area contributed by atoms with Crippen molar-refractivity contribution in [2.24, 2.45) is 0 Å². The molecule has 166 valence electrons. The van der Waals surface area contributed by atoms with Gasteiger partial charge in [-0.3, -0.25) is 0 Å². The molecule has 0 amide bonds. The second-order valence-corrected chi connectivity index (χ2v) is 8.89. The maximum atomic E-state index is 13.1. The highest BCUT2D eigenvalue weighted by Crippen LogP contribution is 2.29. The Morgan fingerprint density at radius 3 is 2.72 bits per heavy atom. The summed E-state index contributed by atoms with van der Waals surface area (Å²) in [5, 5.41) is 7.95. The minimum absolute atomic E-state index is 0.265. The molecular formula is C22H24FN7S2. The molecule has 3 aromatic rings. The Morgan fingerprint density at radius 1 is 1.19 bits per heavy atom. The van der Waals surface area contributed by atoms with E-state index in [4.69, 9.17) is 17.2 Å². The van der Waals surface area contributed by atoms with Crippen LogP contribution in [0.1, 0.15) is 31.7 Å². The van der Waals surface area contributed by atoms with Crippen LogP contribution in [0.2, 0.25) is 0 Å². The van der Waals surface area contributed by atoms with Crippen LogP contribution in [0.15, 0.2) is 59.0 Å². The number of nitrogens with one attached hydrogen (secondary N) is 2. The van der Waals surface area contributed by atoms with Crippen LogP contribution in [0.3, 0.4) is 0 Å². The van der Waals surface area contributed by atoms with E-state index in [0.717, 1.165) is 35.8 Å². The first-order valence-electron chi connectivity index (χ1n) is 10.5. The van der Waals surface area contributed by atoms with Gasteiger partial charge in [0.15, 0.2) is 10.3 Å². The standard InChI is InChI=1S/C22H24FN7S2/c1-15-5-2-3-12-30(15)18-13-19(32-22-24-10-4-11-25-22)28-20(27-18)29-21(31)26-14-16-6-8-17(23)9-7-16/h4,6-11,13,15H,2-3,5,12,14H2,1H3,(H2,26,27,28,29,31)/t15-/m1/s1. The van der Waals surface area contributed by atoms with Crippen LogP contribution in [-0.4, -0.2) is 37.6 Å². The van der Waals surface area contributed by atoms with Crippen LogP contribution in [0, 0.1) is 5.82 Å². The summed E-state index contributed by atoms with van der Waals surface area (Å²) in [5.74, 6) is 1.00. The van der Waals surface area contributed by atoms with Gasteiger partial charge < -0.3 is 15.5 Å². The lowest BCUT2D eigenvalue weighted by Crippen LogP contribution is -2.38.